The second-order valence-electron chi connectivity index (χ2n) is 14.8. The maximum atomic E-state index is 13.4. The minimum atomic E-state index is -2.74. The van der Waals surface area contributed by atoms with E-state index in [1.807, 2.05) is 36.6 Å². The van der Waals surface area contributed by atoms with Gasteiger partial charge < -0.3 is 24.1 Å². The Morgan fingerprint density at radius 2 is 1.70 bits per heavy atom. The molecule has 3 fully saturated rings. The smallest absolute Gasteiger partial charge is 0.280 e. The zero-order valence-corrected chi connectivity index (χ0v) is 30.1. The second-order valence-corrected chi connectivity index (χ2v) is 14.8. The van der Waals surface area contributed by atoms with E-state index in [4.69, 9.17) is 14.5 Å². The van der Waals surface area contributed by atoms with Gasteiger partial charge in [-0.2, -0.15) is 0 Å². The van der Waals surface area contributed by atoms with Crippen molar-refractivity contribution in [2.75, 3.05) is 25.0 Å². The zero-order valence-electron chi connectivity index (χ0n) is 30.1. The summed E-state index contributed by atoms with van der Waals surface area (Å²) in [5, 5.41) is 4.98. The van der Waals surface area contributed by atoms with Gasteiger partial charge in [-0.15, -0.1) is 0 Å². The number of nitrogens with zero attached hydrogens (tertiary/aromatic N) is 4. The van der Waals surface area contributed by atoms with E-state index in [-0.39, 0.29) is 29.3 Å². The average molecular weight is 729 g/mol. The fourth-order valence-corrected chi connectivity index (χ4v) is 7.80. The van der Waals surface area contributed by atoms with Gasteiger partial charge in [-0.25, -0.2) is 18.7 Å². The third-order valence-electron chi connectivity index (χ3n) is 10.6. The van der Waals surface area contributed by atoms with Crippen LogP contribution in [0.15, 0.2) is 60.9 Å². The van der Waals surface area contributed by atoms with E-state index in [9.17, 15) is 23.2 Å². The Bertz CT molecular complexity index is 1930. The molecule has 11 nitrogen and oxygen atoms in total. The Morgan fingerprint density at radius 1 is 0.943 bits per heavy atom. The molecule has 0 bridgehead atoms. The number of carbonyl (C=O) groups is 3. The molecule has 1 aromatic carbocycles. The lowest BCUT2D eigenvalue weighted by Crippen LogP contribution is -2.46. The summed E-state index contributed by atoms with van der Waals surface area (Å²) in [4.78, 5) is 48.2. The standard InChI is InChI=1S/C40H46F2N6O5/c1-24(2)52-34-20-36-44-32(23-48(36)22-30(34)39(50)45-35-5-3-4-31(43-35)38(41)42)28-8-6-25(7-9-28)21-47-18-16-27(17-19-47)26-10-12-29(13-11-26)53-33-14-15-37(49)46-40(33)51/h3-5,10-13,20,22-25,27-28,33,38H,6-9,14-19,21H2,1-2H3,(H,43,45,50)(H,46,49,51)/t25-,28-,33?. The number of nitrogens with one attached hydrogen (secondary N) is 2. The summed E-state index contributed by atoms with van der Waals surface area (Å²) < 4.78 is 40.1. The number of alkyl halides is 2. The lowest BCUT2D eigenvalue weighted by molar-refractivity contribution is -0.138. The molecule has 0 radical (unpaired) electrons. The lowest BCUT2D eigenvalue weighted by atomic mass is 9.80. The van der Waals surface area contributed by atoms with Crippen LogP contribution in [0.4, 0.5) is 14.6 Å². The highest BCUT2D eigenvalue weighted by Gasteiger charge is 2.30. The zero-order chi connectivity index (χ0) is 37.1. The van der Waals surface area contributed by atoms with E-state index in [0.29, 0.717) is 47.7 Å². The number of piperidine rings is 2. The van der Waals surface area contributed by atoms with Crippen LogP contribution < -0.4 is 20.1 Å². The molecule has 1 saturated carbocycles. The molecule has 280 valence electrons. The van der Waals surface area contributed by atoms with Crippen LogP contribution in [0.25, 0.3) is 5.65 Å². The van der Waals surface area contributed by atoms with E-state index in [1.54, 1.807) is 12.3 Å². The first-order chi connectivity index (χ1) is 25.6. The van der Waals surface area contributed by atoms with Crippen LogP contribution in [-0.2, 0) is 9.59 Å². The number of hydrogen-bond donors (Lipinski definition) is 2. The number of fused-ring (bicyclic) bond motifs is 1. The monoisotopic (exact) mass is 728 g/mol. The summed E-state index contributed by atoms with van der Waals surface area (Å²) in [5.41, 5.74) is 2.84. The Balaban J connectivity index is 0.911. The highest BCUT2D eigenvalue weighted by atomic mass is 19.3. The average Bonchev–Trinajstić information content (AvgIpc) is 3.56. The first kappa shape index (κ1) is 36.4. The van der Waals surface area contributed by atoms with E-state index in [2.05, 4.69) is 32.7 Å². The topological polar surface area (TPSA) is 127 Å². The number of benzene rings is 1. The van der Waals surface area contributed by atoms with Gasteiger partial charge in [0.25, 0.3) is 18.2 Å². The van der Waals surface area contributed by atoms with Crippen molar-refractivity contribution in [3.05, 3.63) is 83.4 Å². The van der Waals surface area contributed by atoms with Crippen LogP contribution in [0.1, 0.15) is 111 Å². The molecule has 4 aromatic rings. The van der Waals surface area contributed by atoms with Crippen LogP contribution in [0.2, 0.25) is 0 Å². The number of rotatable bonds is 11. The summed E-state index contributed by atoms with van der Waals surface area (Å²) in [7, 11) is 0. The lowest BCUT2D eigenvalue weighted by Gasteiger charge is -2.36. The number of hydrogen-bond acceptors (Lipinski definition) is 8. The number of halogens is 2. The molecule has 2 N–H and O–H groups in total. The number of amides is 3. The molecule has 3 amide bonds. The van der Waals surface area contributed by atoms with Gasteiger partial charge in [-0.3, -0.25) is 19.7 Å². The molecule has 0 spiro atoms. The van der Waals surface area contributed by atoms with Gasteiger partial charge in [0.1, 0.15) is 28.7 Å². The van der Waals surface area contributed by atoms with Crippen LogP contribution in [0.5, 0.6) is 11.5 Å². The number of carbonyl (C=O) groups excluding carboxylic acids is 3. The molecule has 53 heavy (non-hydrogen) atoms. The van der Waals surface area contributed by atoms with Gasteiger partial charge in [-0.1, -0.05) is 18.2 Å². The number of imide groups is 1. The van der Waals surface area contributed by atoms with Crippen molar-refractivity contribution in [3.8, 4) is 11.5 Å². The largest absolute Gasteiger partial charge is 0.490 e. The normalized spacial score (nSPS) is 21.6. The number of pyridine rings is 2. The minimum Gasteiger partial charge on any atom is -0.490 e. The van der Waals surface area contributed by atoms with Crippen molar-refractivity contribution in [1.29, 1.82) is 0 Å². The maximum Gasteiger partial charge on any atom is 0.280 e. The predicted octanol–water partition coefficient (Wildman–Crippen LogP) is 7.04. The first-order valence-electron chi connectivity index (χ1n) is 18.7. The maximum absolute atomic E-state index is 13.4. The van der Waals surface area contributed by atoms with E-state index in [0.717, 1.165) is 63.9 Å². The van der Waals surface area contributed by atoms with Gasteiger partial charge in [0, 0.05) is 43.8 Å². The molecule has 2 saturated heterocycles. The SMILES string of the molecule is CC(C)Oc1cc2nc([C@H]3CC[C@H](CN4CCC(c5ccc(OC6CCC(=O)NC6=O)cc5)CC4)CC3)cn2cc1C(=O)Nc1cccc(C(F)F)n1. The summed E-state index contributed by atoms with van der Waals surface area (Å²) in [6.07, 6.45) is 7.38. The highest BCUT2D eigenvalue weighted by Crippen LogP contribution is 2.38. The van der Waals surface area contributed by atoms with E-state index < -0.39 is 24.1 Å². The van der Waals surface area contributed by atoms with E-state index in [1.165, 1.54) is 23.8 Å². The minimum absolute atomic E-state index is 0.0430. The second kappa shape index (κ2) is 16.0. The molecule has 1 unspecified atom stereocenters. The number of ether oxygens (including phenoxy) is 2. The summed E-state index contributed by atoms with van der Waals surface area (Å²) >= 11 is 0. The van der Waals surface area contributed by atoms with Crippen LogP contribution in [-0.4, -0.2) is 68.8 Å². The van der Waals surface area contributed by atoms with Crippen LogP contribution in [0, 0.1) is 5.92 Å². The molecule has 3 aromatic heterocycles. The number of aromatic nitrogens is 3. The number of anilines is 1. The van der Waals surface area contributed by atoms with Crippen molar-refractivity contribution in [2.24, 2.45) is 5.92 Å². The Labute approximate surface area is 307 Å². The first-order valence-corrected chi connectivity index (χ1v) is 18.7. The van der Waals surface area contributed by atoms with Crippen molar-refractivity contribution in [2.45, 2.75) is 95.7 Å². The van der Waals surface area contributed by atoms with Crippen molar-refractivity contribution in [1.82, 2.24) is 24.6 Å². The van der Waals surface area contributed by atoms with Gasteiger partial charge in [0.2, 0.25) is 5.91 Å². The summed E-state index contributed by atoms with van der Waals surface area (Å²) in [6, 6.07) is 14.0. The molecule has 13 heteroatoms. The van der Waals surface area contributed by atoms with Crippen LogP contribution in [0.3, 0.4) is 0 Å². The molecule has 2 aliphatic heterocycles. The fraction of sp³-hybridized carbons (Fsp3) is 0.475. The molecule has 1 atom stereocenters. The quantitative estimate of drug-likeness (QED) is 0.158. The van der Waals surface area contributed by atoms with Crippen LogP contribution >= 0.6 is 0 Å². The highest BCUT2D eigenvalue weighted by molar-refractivity contribution is 6.06. The Kier molecular flexibility index (Phi) is 11.0. The van der Waals surface area contributed by atoms with Crippen molar-refractivity contribution in [3.63, 3.8) is 0 Å². The van der Waals surface area contributed by atoms with Gasteiger partial charge >= 0.3 is 0 Å². The van der Waals surface area contributed by atoms with Crippen molar-refractivity contribution >= 4 is 29.2 Å². The fourth-order valence-electron chi connectivity index (χ4n) is 7.80. The third-order valence-corrected chi connectivity index (χ3v) is 10.6. The van der Waals surface area contributed by atoms with Gasteiger partial charge in [0.05, 0.1) is 17.4 Å². The summed E-state index contributed by atoms with van der Waals surface area (Å²) in [6.45, 7) is 6.99. The molecular weight excluding hydrogens is 682 g/mol. The van der Waals surface area contributed by atoms with Crippen molar-refractivity contribution < 1.29 is 32.6 Å². The number of likely N-dealkylation sites (tertiary alicyclic amines) is 1. The summed E-state index contributed by atoms with van der Waals surface area (Å²) in [5.74, 6) is 1.40. The molecule has 5 heterocycles. The molecule has 7 rings (SSSR count). The Morgan fingerprint density at radius 3 is 2.40 bits per heavy atom. The molecule has 1 aliphatic carbocycles. The predicted molar refractivity (Wildman–Crippen MR) is 194 cm³/mol. The number of imidazole rings is 1. The molecule has 3 aliphatic rings. The van der Waals surface area contributed by atoms with Gasteiger partial charge in [-0.05, 0) is 107 Å². The molecular formula is C40H46F2N6O5. The van der Waals surface area contributed by atoms with E-state index >= 15 is 0 Å². The Hall–Kier alpha value is -4.91. The third kappa shape index (κ3) is 8.84. The van der Waals surface area contributed by atoms with Gasteiger partial charge in [0.15, 0.2) is 6.10 Å².